The third kappa shape index (κ3) is 3.69. The van der Waals surface area contributed by atoms with Gasteiger partial charge in [0.2, 0.25) is 0 Å². The van der Waals surface area contributed by atoms with E-state index in [4.69, 9.17) is 28.5 Å². The molecule has 0 spiro atoms. The molecule has 0 aliphatic rings. The second-order valence-electron chi connectivity index (χ2n) is 2.93. The lowest BCUT2D eigenvalue weighted by molar-refractivity contribution is 0.290. The molecule has 0 heterocycles. The maximum Gasteiger partial charge on any atom is 0.119 e. The van der Waals surface area contributed by atoms with Crippen LogP contribution in [0, 0.1) is 12.3 Å². The van der Waals surface area contributed by atoms with Crippen LogP contribution in [-0.4, -0.2) is 12.6 Å². The lowest BCUT2D eigenvalue weighted by Crippen LogP contribution is -2.27. The lowest BCUT2D eigenvalue weighted by Gasteiger charge is -2.10. The van der Waals surface area contributed by atoms with Crippen molar-refractivity contribution in [2.75, 3.05) is 6.61 Å². The van der Waals surface area contributed by atoms with Crippen molar-refractivity contribution in [3.05, 3.63) is 29.3 Å². The van der Waals surface area contributed by atoms with Gasteiger partial charge in [0.05, 0.1) is 0 Å². The van der Waals surface area contributed by atoms with Gasteiger partial charge in [-0.15, -0.1) is 12.3 Å². The van der Waals surface area contributed by atoms with Crippen molar-refractivity contribution in [2.24, 2.45) is 5.73 Å². The first-order valence-electron chi connectivity index (χ1n) is 4.30. The highest BCUT2D eigenvalue weighted by Gasteiger charge is 2.01. The fraction of sp³-hybridized carbons (Fsp3) is 0.273. The molecule has 0 saturated carbocycles. The van der Waals surface area contributed by atoms with E-state index in [1.54, 1.807) is 24.3 Å². The Morgan fingerprint density at radius 1 is 1.43 bits per heavy atom. The smallest absolute Gasteiger partial charge is 0.119 e. The van der Waals surface area contributed by atoms with Gasteiger partial charge < -0.3 is 10.5 Å². The summed E-state index contributed by atoms with van der Waals surface area (Å²) in [4.78, 5) is 0. The van der Waals surface area contributed by atoms with Crippen molar-refractivity contribution in [1.82, 2.24) is 0 Å². The molecule has 1 unspecified atom stereocenters. The van der Waals surface area contributed by atoms with E-state index in [2.05, 4.69) is 5.92 Å². The number of halogens is 1. The van der Waals surface area contributed by atoms with Crippen LogP contribution in [0.3, 0.4) is 0 Å². The number of hydrogen-bond donors (Lipinski definition) is 1. The molecule has 1 rings (SSSR count). The van der Waals surface area contributed by atoms with Gasteiger partial charge in [-0.05, 0) is 24.3 Å². The van der Waals surface area contributed by atoms with Crippen LogP contribution in [0.5, 0.6) is 5.75 Å². The first kappa shape index (κ1) is 10.9. The summed E-state index contributed by atoms with van der Waals surface area (Å²) in [6, 6.07) is 7.01. The third-order valence-corrected chi connectivity index (χ3v) is 1.91. The maximum absolute atomic E-state index is 5.72. The van der Waals surface area contributed by atoms with Gasteiger partial charge in [0.1, 0.15) is 12.4 Å². The summed E-state index contributed by atoms with van der Waals surface area (Å²) in [7, 11) is 0. The molecule has 14 heavy (non-hydrogen) atoms. The molecule has 0 bridgehead atoms. The first-order valence-corrected chi connectivity index (χ1v) is 4.67. The van der Waals surface area contributed by atoms with Gasteiger partial charge in [-0.2, -0.15) is 0 Å². The van der Waals surface area contributed by atoms with Crippen LogP contribution >= 0.6 is 11.6 Å². The van der Waals surface area contributed by atoms with E-state index in [1.165, 1.54) is 0 Å². The summed E-state index contributed by atoms with van der Waals surface area (Å²) in [5.74, 6) is 3.24. The van der Waals surface area contributed by atoms with Crippen molar-refractivity contribution >= 4 is 11.6 Å². The van der Waals surface area contributed by atoms with Gasteiger partial charge in [-0.3, -0.25) is 0 Å². The Balaban J connectivity index is 2.39. The zero-order valence-corrected chi connectivity index (χ0v) is 8.50. The number of hydrogen-bond acceptors (Lipinski definition) is 2. The average molecular weight is 210 g/mol. The minimum absolute atomic E-state index is 0.115. The van der Waals surface area contributed by atoms with Crippen molar-refractivity contribution < 1.29 is 4.74 Å². The van der Waals surface area contributed by atoms with Crippen molar-refractivity contribution in [3.8, 4) is 18.1 Å². The molecule has 2 nitrogen and oxygen atoms in total. The molecule has 0 aromatic heterocycles. The van der Waals surface area contributed by atoms with E-state index < -0.39 is 0 Å². The Bertz CT molecular complexity index is 315. The quantitative estimate of drug-likeness (QED) is 0.771. The lowest BCUT2D eigenvalue weighted by atomic mass is 10.2. The number of rotatable bonds is 4. The molecule has 0 amide bonds. The Morgan fingerprint density at radius 3 is 2.64 bits per heavy atom. The Morgan fingerprint density at radius 2 is 2.07 bits per heavy atom. The van der Waals surface area contributed by atoms with Gasteiger partial charge in [0.15, 0.2) is 0 Å². The summed E-state index contributed by atoms with van der Waals surface area (Å²) >= 11 is 5.72. The van der Waals surface area contributed by atoms with Crippen LogP contribution in [0.15, 0.2) is 24.3 Å². The highest BCUT2D eigenvalue weighted by atomic mass is 35.5. The van der Waals surface area contributed by atoms with E-state index >= 15 is 0 Å². The topological polar surface area (TPSA) is 35.2 Å². The molecule has 3 heteroatoms. The van der Waals surface area contributed by atoms with Crippen molar-refractivity contribution in [2.45, 2.75) is 12.5 Å². The summed E-state index contributed by atoms with van der Waals surface area (Å²) in [6.07, 6.45) is 5.64. The molecular formula is C11H12ClNO. The molecule has 0 radical (unpaired) electrons. The Kier molecular flexibility index (Phi) is 4.31. The van der Waals surface area contributed by atoms with Gasteiger partial charge in [-0.25, -0.2) is 0 Å². The van der Waals surface area contributed by atoms with Gasteiger partial charge >= 0.3 is 0 Å². The number of nitrogens with two attached hydrogens (primary N) is 1. The highest BCUT2D eigenvalue weighted by Crippen LogP contribution is 2.15. The second kappa shape index (κ2) is 5.54. The summed E-state index contributed by atoms with van der Waals surface area (Å²) in [5.41, 5.74) is 5.67. The molecule has 0 fully saturated rings. The summed E-state index contributed by atoms with van der Waals surface area (Å²) < 4.78 is 5.40. The maximum atomic E-state index is 5.72. The molecule has 0 saturated heterocycles. The fourth-order valence-electron chi connectivity index (χ4n) is 0.944. The standard InChI is InChI=1S/C11H12ClNO/c1-2-3-10(13)8-14-11-6-4-9(12)5-7-11/h1,4-7,10H,3,8,13H2. The van der Waals surface area contributed by atoms with E-state index in [0.717, 1.165) is 5.75 Å². The normalized spacial score (nSPS) is 11.8. The number of terminal acetylenes is 1. The molecule has 2 N–H and O–H groups in total. The first-order chi connectivity index (χ1) is 6.72. The van der Waals surface area contributed by atoms with Gasteiger partial charge in [-0.1, -0.05) is 11.6 Å². The average Bonchev–Trinajstić information content (AvgIpc) is 2.17. The second-order valence-corrected chi connectivity index (χ2v) is 3.37. The monoisotopic (exact) mass is 209 g/mol. The largest absolute Gasteiger partial charge is 0.492 e. The van der Waals surface area contributed by atoms with E-state index in [1.807, 2.05) is 0 Å². The number of ether oxygens (including phenoxy) is 1. The Labute approximate surface area is 89.0 Å². The molecule has 0 aliphatic heterocycles. The van der Waals surface area contributed by atoms with Crippen LogP contribution in [0.25, 0.3) is 0 Å². The van der Waals surface area contributed by atoms with Crippen molar-refractivity contribution in [3.63, 3.8) is 0 Å². The number of benzene rings is 1. The molecule has 1 atom stereocenters. The predicted octanol–water partition coefficient (Wildman–Crippen LogP) is 2.07. The summed E-state index contributed by atoms with van der Waals surface area (Å²) in [6.45, 7) is 0.422. The van der Waals surface area contributed by atoms with E-state index in [-0.39, 0.29) is 6.04 Å². The Hall–Kier alpha value is -1.17. The molecule has 0 aliphatic carbocycles. The van der Waals surface area contributed by atoms with Crippen LogP contribution in [-0.2, 0) is 0 Å². The van der Waals surface area contributed by atoms with E-state index in [9.17, 15) is 0 Å². The third-order valence-electron chi connectivity index (χ3n) is 1.66. The summed E-state index contributed by atoms with van der Waals surface area (Å²) in [5, 5.41) is 0.685. The van der Waals surface area contributed by atoms with E-state index in [0.29, 0.717) is 18.1 Å². The minimum atomic E-state index is -0.115. The fourth-order valence-corrected chi connectivity index (χ4v) is 1.07. The zero-order valence-electron chi connectivity index (χ0n) is 7.74. The van der Waals surface area contributed by atoms with Crippen molar-refractivity contribution in [1.29, 1.82) is 0 Å². The molecular weight excluding hydrogens is 198 g/mol. The SMILES string of the molecule is C#CCC(N)COc1ccc(Cl)cc1. The van der Waals surface area contributed by atoms with Gasteiger partial charge in [0.25, 0.3) is 0 Å². The molecule has 1 aromatic carbocycles. The van der Waals surface area contributed by atoms with Crippen LogP contribution in [0.2, 0.25) is 5.02 Å². The minimum Gasteiger partial charge on any atom is -0.492 e. The molecule has 1 aromatic rings. The van der Waals surface area contributed by atoms with Crippen LogP contribution in [0.1, 0.15) is 6.42 Å². The van der Waals surface area contributed by atoms with Gasteiger partial charge in [0, 0.05) is 17.5 Å². The highest BCUT2D eigenvalue weighted by molar-refractivity contribution is 6.30. The van der Waals surface area contributed by atoms with Crippen LogP contribution in [0.4, 0.5) is 0 Å². The predicted molar refractivity (Wildman–Crippen MR) is 58.4 cm³/mol. The molecule has 74 valence electrons. The van der Waals surface area contributed by atoms with Crippen LogP contribution < -0.4 is 10.5 Å². The zero-order chi connectivity index (χ0) is 10.4.